The van der Waals surface area contributed by atoms with Crippen LogP contribution in [-0.2, 0) is 6.54 Å². The minimum absolute atomic E-state index is 0.107. The predicted octanol–water partition coefficient (Wildman–Crippen LogP) is 3.79. The van der Waals surface area contributed by atoms with Crippen molar-refractivity contribution in [1.82, 2.24) is 4.57 Å². The number of benzene rings is 1. The molecule has 1 aromatic carbocycles. The lowest BCUT2D eigenvalue weighted by Crippen LogP contribution is -2.15. The van der Waals surface area contributed by atoms with Crippen LogP contribution in [0.4, 0.5) is 8.78 Å². The van der Waals surface area contributed by atoms with Crippen LogP contribution in [0.15, 0.2) is 21.4 Å². The number of rotatable bonds is 2. The minimum Gasteiger partial charge on any atom is -0.298 e. The highest BCUT2D eigenvalue weighted by Gasteiger charge is 2.56. The fourth-order valence-corrected chi connectivity index (χ4v) is 3.62. The van der Waals surface area contributed by atoms with Gasteiger partial charge in [0, 0.05) is 23.4 Å². The Balaban J connectivity index is 2.10. The van der Waals surface area contributed by atoms with Crippen molar-refractivity contribution in [1.29, 1.82) is 0 Å². The zero-order valence-corrected chi connectivity index (χ0v) is 11.9. The van der Waals surface area contributed by atoms with Crippen molar-refractivity contribution in [3.05, 3.63) is 31.8 Å². The van der Waals surface area contributed by atoms with Crippen LogP contribution < -0.4 is 4.87 Å². The van der Waals surface area contributed by atoms with E-state index in [1.54, 1.807) is 0 Å². The van der Waals surface area contributed by atoms with Gasteiger partial charge in [0.25, 0.3) is 5.92 Å². The number of nitrogens with zero attached hydrogens (tertiary/aromatic N) is 1. The molecule has 2 nitrogen and oxygen atoms in total. The van der Waals surface area contributed by atoms with Gasteiger partial charge in [-0.25, -0.2) is 8.78 Å². The Kier molecular flexibility index (Phi) is 2.64. The van der Waals surface area contributed by atoms with Gasteiger partial charge < -0.3 is 0 Å². The molecule has 96 valence electrons. The van der Waals surface area contributed by atoms with E-state index in [1.165, 1.54) is 4.57 Å². The van der Waals surface area contributed by atoms with E-state index < -0.39 is 11.8 Å². The summed E-state index contributed by atoms with van der Waals surface area (Å²) in [4.78, 5) is 11.7. The van der Waals surface area contributed by atoms with Crippen LogP contribution in [0.2, 0.25) is 0 Å². The summed E-state index contributed by atoms with van der Waals surface area (Å²) in [6.45, 7) is 2.05. The van der Waals surface area contributed by atoms with Gasteiger partial charge in [0.1, 0.15) is 0 Å². The van der Waals surface area contributed by atoms with Gasteiger partial charge >= 0.3 is 4.87 Å². The summed E-state index contributed by atoms with van der Waals surface area (Å²) in [5, 5.41) is 0. The molecule has 3 rings (SSSR count). The molecular formula is C12H10BrF2NOS. The second-order valence-electron chi connectivity index (χ2n) is 4.69. The largest absolute Gasteiger partial charge is 0.308 e. The predicted molar refractivity (Wildman–Crippen MR) is 71.6 cm³/mol. The molecule has 0 spiro atoms. The summed E-state index contributed by atoms with van der Waals surface area (Å²) in [6, 6.07) is 3.72. The molecule has 1 aliphatic carbocycles. The smallest absolute Gasteiger partial charge is 0.298 e. The molecule has 0 aliphatic heterocycles. The molecule has 1 fully saturated rings. The van der Waals surface area contributed by atoms with Gasteiger partial charge in [-0.2, -0.15) is 0 Å². The maximum atomic E-state index is 12.9. The number of fused-ring (bicyclic) bond motifs is 1. The third-order valence-electron chi connectivity index (χ3n) is 3.33. The van der Waals surface area contributed by atoms with Crippen molar-refractivity contribution in [2.45, 2.75) is 25.8 Å². The Morgan fingerprint density at radius 2 is 2.22 bits per heavy atom. The van der Waals surface area contributed by atoms with Crippen LogP contribution in [0.5, 0.6) is 0 Å². The first-order chi connectivity index (χ1) is 8.40. The first-order valence-corrected chi connectivity index (χ1v) is 7.17. The Hall–Kier alpha value is -0.750. The highest BCUT2D eigenvalue weighted by molar-refractivity contribution is 9.10. The standard InChI is InChI=1S/C12H10BrF2NOS/c1-6-2-3-8-10(9(6)13)18-11(17)16(8)5-7-4-12(7,14)15/h2-3,7H,4-5H2,1H3. The average Bonchev–Trinajstić information content (AvgIpc) is 2.76. The van der Waals surface area contributed by atoms with Crippen molar-refractivity contribution >= 4 is 37.5 Å². The van der Waals surface area contributed by atoms with Crippen LogP contribution in [0.1, 0.15) is 12.0 Å². The number of hydrogen-bond acceptors (Lipinski definition) is 2. The minimum atomic E-state index is -2.59. The van der Waals surface area contributed by atoms with Gasteiger partial charge in [-0.3, -0.25) is 9.36 Å². The second kappa shape index (κ2) is 3.87. The van der Waals surface area contributed by atoms with Gasteiger partial charge in [0.05, 0.1) is 10.2 Å². The summed E-state index contributed by atoms with van der Waals surface area (Å²) < 4.78 is 29.1. The lowest BCUT2D eigenvalue weighted by atomic mass is 10.2. The highest BCUT2D eigenvalue weighted by atomic mass is 79.9. The maximum Gasteiger partial charge on any atom is 0.308 e. The quantitative estimate of drug-likeness (QED) is 0.819. The van der Waals surface area contributed by atoms with Crippen molar-refractivity contribution in [2.75, 3.05) is 0 Å². The van der Waals surface area contributed by atoms with Gasteiger partial charge in [0.2, 0.25) is 0 Å². The van der Waals surface area contributed by atoms with Gasteiger partial charge in [-0.1, -0.05) is 17.4 Å². The Morgan fingerprint density at radius 3 is 2.83 bits per heavy atom. The summed E-state index contributed by atoms with van der Waals surface area (Å²) in [5.41, 5.74) is 1.78. The lowest BCUT2D eigenvalue weighted by molar-refractivity contribution is 0.0953. The zero-order valence-electron chi connectivity index (χ0n) is 9.54. The number of aryl methyl sites for hydroxylation is 1. The molecule has 2 aromatic rings. The van der Waals surface area contributed by atoms with Crippen LogP contribution in [0, 0.1) is 12.8 Å². The Morgan fingerprint density at radius 1 is 1.56 bits per heavy atom. The van der Waals surface area contributed by atoms with Gasteiger partial charge in [-0.15, -0.1) is 0 Å². The van der Waals surface area contributed by atoms with Crippen LogP contribution in [0.25, 0.3) is 10.2 Å². The normalized spacial score (nSPS) is 21.4. The molecule has 6 heteroatoms. The molecule has 1 unspecified atom stereocenters. The van der Waals surface area contributed by atoms with E-state index in [1.807, 2.05) is 19.1 Å². The molecule has 1 heterocycles. The average molecular weight is 334 g/mol. The third-order valence-corrected chi connectivity index (χ3v) is 5.63. The van der Waals surface area contributed by atoms with Crippen molar-refractivity contribution < 1.29 is 8.78 Å². The van der Waals surface area contributed by atoms with Crippen LogP contribution in [-0.4, -0.2) is 10.5 Å². The van der Waals surface area contributed by atoms with E-state index >= 15 is 0 Å². The Labute approximate surface area is 114 Å². The second-order valence-corrected chi connectivity index (χ2v) is 6.44. The molecule has 0 radical (unpaired) electrons. The number of alkyl halides is 2. The van der Waals surface area contributed by atoms with Crippen LogP contribution >= 0.6 is 27.3 Å². The van der Waals surface area contributed by atoms with Crippen molar-refractivity contribution in [3.63, 3.8) is 0 Å². The lowest BCUT2D eigenvalue weighted by Gasteiger charge is -2.04. The highest BCUT2D eigenvalue weighted by Crippen LogP contribution is 2.49. The number of hydrogen-bond donors (Lipinski definition) is 0. The summed E-state index contributed by atoms with van der Waals surface area (Å²) in [7, 11) is 0. The zero-order chi connectivity index (χ0) is 13.1. The molecule has 0 bridgehead atoms. The molecule has 0 N–H and O–H groups in total. The molecule has 1 atom stereocenters. The van der Waals surface area contributed by atoms with E-state index in [9.17, 15) is 13.6 Å². The summed E-state index contributed by atoms with van der Waals surface area (Å²) in [6.07, 6.45) is -0.107. The topological polar surface area (TPSA) is 22.0 Å². The summed E-state index contributed by atoms with van der Waals surface area (Å²) >= 11 is 4.55. The Bertz CT molecular complexity index is 691. The van der Waals surface area contributed by atoms with E-state index in [-0.39, 0.29) is 17.8 Å². The maximum absolute atomic E-state index is 12.9. The molecule has 1 aromatic heterocycles. The number of aromatic nitrogens is 1. The van der Waals surface area contributed by atoms with Crippen molar-refractivity contribution in [2.24, 2.45) is 5.92 Å². The fraction of sp³-hybridized carbons (Fsp3) is 0.417. The third kappa shape index (κ3) is 1.82. The first-order valence-electron chi connectivity index (χ1n) is 5.56. The van der Waals surface area contributed by atoms with Gasteiger partial charge in [-0.05, 0) is 34.5 Å². The SMILES string of the molecule is Cc1ccc2c(sc(=O)n2CC2CC2(F)F)c1Br. The van der Waals surface area contributed by atoms with E-state index in [2.05, 4.69) is 15.9 Å². The van der Waals surface area contributed by atoms with Crippen LogP contribution in [0.3, 0.4) is 0 Å². The molecule has 18 heavy (non-hydrogen) atoms. The molecule has 1 aliphatic rings. The van der Waals surface area contributed by atoms with E-state index in [4.69, 9.17) is 0 Å². The first kappa shape index (κ1) is 12.3. The van der Waals surface area contributed by atoms with Crippen molar-refractivity contribution in [3.8, 4) is 0 Å². The molecular weight excluding hydrogens is 324 g/mol. The number of thiazole rings is 1. The van der Waals surface area contributed by atoms with E-state index in [0.29, 0.717) is 0 Å². The monoisotopic (exact) mass is 333 g/mol. The number of halogens is 3. The van der Waals surface area contributed by atoms with Gasteiger partial charge in [0.15, 0.2) is 0 Å². The fourth-order valence-electron chi connectivity index (χ4n) is 2.06. The van der Waals surface area contributed by atoms with E-state index in [0.717, 1.165) is 31.6 Å². The molecule has 0 amide bonds. The summed E-state index contributed by atoms with van der Waals surface area (Å²) in [5.74, 6) is -3.27. The molecule has 1 saturated carbocycles. The molecule has 0 saturated heterocycles.